The summed E-state index contributed by atoms with van der Waals surface area (Å²) in [4.78, 5) is 29.0. The molecule has 0 radical (unpaired) electrons. The fourth-order valence-corrected chi connectivity index (χ4v) is 0.585. The Morgan fingerprint density at radius 2 is 1.48 bits per heavy atom. The summed E-state index contributed by atoms with van der Waals surface area (Å²) in [5.74, 6) is -0.211. The van der Waals surface area contributed by atoms with E-state index in [0.29, 0.717) is 32.9 Å². The maximum atomic E-state index is 9.82. The van der Waals surface area contributed by atoms with E-state index in [-0.39, 0.29) is 19.5 Å². The van der Waals surface area contributed by atoms with Gasteiger partial charge in [0.15, 0.2) is 0 Å². The lowest BCUT2D eigenvalue weighted by molar-refractivity contribution is -0.140. The third-order valence-corrected chi connectivity index (χ3v) is 1.27. The quantitative estimate of drug-likeness (QED) is 0.299. The Bertz CT molecular complexity index is 253. The number of ether oxygens (including phenoxy) is 4. The van der Waals surface area contributed by atoms with Crippen LogP contribution in [0.4, 0.5) is 4.79 Å². The van der Waals surface area contributed by atoms with E-state index >= 15 is 0 Å². The third kappa shape index (κ3) is 108. The van der Waals surface area contributed by atoms with Crippen LogP contribution in [0.5, 0.6) is 0 Å². The minimum atomic E-state index is -0.693. The van der Waals surface area contributed by atoms with Crippen LogP contribution in [0.3, 0.4) is 0 Å². The van der Waals surface area contributed by atoms with Crippen LogP contribution in [0.1, 0.15) is 54.9 Å². The predicted octanol–water partition coefficient (Wildman–Crippen LogP) is 3.08. The van der Waals surface area contributed by atoms with Gasteiger partial charge in [0.05, 0.1) is 19.8 Å². The van der Waals surface area contributed by atoms with Gasteiger partial charge in [0, 0.05) is 14.0 Å². The molecule has 25 heavy (non-hydrogen) atoms. The lowest BCUT2D eigenvalue weighted by atomic mass is 10.5. The Hall–Kier alpha value is -1.87. The van der Waals surface area contributed by atoms with Gasteiger partial charge in [-0.05, 0) is 13.3 Å². The summed E-state index contributed by atoms with van der Waals surface area (Å²) in [7, 11) is 1.55. The summed E-state index contributed by atoms with van der Waals surface area (Å²) in [5, 5.41) is 0. The highest BCUT2D eigenvalue weighted by molar-refractivity contribution is 5.65. The average Bonchev–Trinajstić information content (AvgIpc) is 2.47. The SMILES string of the molecule is C.CCC.CCCOC(N)=O.CCOC(C)=O.COCCOC=O.N. The lowest BCUT2D eigenvalue weighted by Crippen LogP contribution is -2.12. The number of nitrogens with two attached hydrogens (primary N) is 1. The van der Waals surface area contributed by atoms with Crippen molar-refractivity contribution in [3.05, 3.63) is 0 Å². The molecule has 156 valence electrons. The van der Waals surface area contributed by atoms with Crippen LogP contribution >= 0.6 is 0 Å². The number of carbonyl (C=O) groups excluding carboxylic acids is 3. The molecular weight excluding hydrogens is 332 g/mol. The summed E-state index contributed by atoms with van der Waals surface area (Å²) in [5.41, 5.74) is 4.62. The molecule has 0 unspecified atom stereocenters. The molecule has 9 heteroatoms. The van der Waals surface area contributed by atoms with Crippen LogP contribution in [0.25, 0.3) is 0 Å². The van der Waals surface area contributed by atoms with Crippen molar-refractivity contribution in [2.75, 3.05) is 33.5 Å². The van der Waals surface area contributed by atoms with Crippen molar-refractivity contribution >= 4 is 18.5 Å². The van der Waals surface area contributed by atoms with Crippen molar-refractivity contribution in [1.29, 1.82) is 0 Å². The summed E-state index contributed by atoms with van der Waals surface area (Å²) < 4.78 is 17.6. The number of methoxy groups -OCH3 is 1. The van der Waals surface area contributed by atoms with Crippen LogP contribution < -0.4 is 11.9 Å². The fraction of sp³-hybridized carbons (Fsp3) is 0.812. The minimum Gasteiger partial charge on any atom is -0.466 e. The van der Waals surface area contributed by atoms with Gasteiger partial charge in [0.2, 0.25) is 0 Å². The zero-order chi connectivity index (χ0) is 18.9. The number of rotatable bonds is 7. The summed E-state index contributed by atoms with van der Waals surface area (Å²) in [6, 6.07) is 0. The van der Waals surface area contributed by atoms with Crippen LogP contribution in [0.15, 0.2) is 0 Å². The maximum absolute atomic E-state index is 9.82. The molecule has 0 fully saturated rings. The molecule has 0 saturated carbocycles. The van der Waals surface area contributed by atoms with Gasteiger partial charge in [-0.1, -0.05) is 34.6 Å². The highest BCUT2D eigenvalue weighted by Crippen LogP contribution is 1.76. The van der Waals surface area contributed by atoms with Gasteiger partial charge in [-0.25, -0.2) is 4.79 Å². The number of hydrogen-bond donors (Lipinski definition) is 2. The molecule has 0 aliphatic carbocycles. The first-order valence-corrected chi connectivity index (χ1v) is 7.47. The predicted molar refractivity (Wildman–Crippen MR) is 99.7 cm³/mol. The molecule has 0 aromatic rings. The highest BCUT2D eigenvalue weighted by Gasteiger charge is 1.86. The fourth-order valence-electron chi connectivity index (χ4n) is 0.585. The van der Waals surface area contributed by atoms with E-state index < -0.39 is 6.09 Å². The molecule has 0 aliphatic rings. The molecule has 0 atom stereocenters. The zero-order valence-corrected chi connectivity index (χ0v) is 16.0. The van der Waals surface area contributed by atoms with Gasteiger partial charge < -0.3 is 30.8 Å². The van der Waals surface area contributed by atoms with Crippen molar-refractivity contribution in [3.63, 3.8) is 0 Å². The number of hydrogen-bond acceptors (Lipinski definition) is 8. The Morgan fingerprint density at radius 3 is 1.64 bits per heavy atom. The highest BCUT2D eigenvalue weighted by atomic mass is 16.5. The van der Waals surface area contributed by atoms with Crippen molar-refractivity contribution in [2.24, 2.45) is 5.73 Å². The van der Waals surface area contributed by atoms with Crippen molar-refractivity contribution in [3.8, 4) is 0 Å². The Labute approximate surface area is 153 Å². The monoisotopic (exact) mass is 372 g/mol. The van der Waals surface area contributed by atoms with Gasteiger partial charge in [-0.3, -0.25) is 9.59 Å². The zero-order valence-electron chi connectivity index (χ0n) is 16.0. The maximum Gasteiger partial charge on any atom is 0.404 e. The number of esters is 1. The van der Waals surface area contributed by atoms with Gasteiger partial charge in [0.1, 0.15) is 6.61 Å². The first-order chi connectivity index (χ1) is 10.9. The van der Waals surface area contributed by atoms with E-state index in [0.717, 1.165) is 6.42 Å². The molecule has 0 rings (SSSR count). The second-order valence-corrected chi connectivity index (χ2v) is 3.76. The first kappa shape index (κ1) is 38.6. The van der Waals surface area contributed by atoms with Crippen LogP contribution in [-0.4, -0.2) is 52.1 Å². The van der Waals surface area contributed by atoms with Gasteiger partial charge in [-0.15, -0.1) is 0 Å². The molecule has 0 saturated heterocycles. The molecule has 0 spiro atoms. The molecule has 5 N–H and O–H groups in total. The molecular formula is C16H40N2O7. The Balaban J connectivity index is -0.0000000485. The van der Waals surface area contributed by atoms with Crippen molar-refractivity contribution in [1.82, 2.24) is 6.15 Å². The summed E-state index contributed by atoms with van der Waals surface area (Å²) in [6.07, 6.45) is 1.38. The van der Waals surface area contributed by atoms with E-state index in [1.54, 1.807) is 14.0 Å². The second kappa shape index (κ2) is 43.2. The molecule has 0 aliphatic heterocycles. The van der Waals surface area contributed by atoms with Crippen LogP contribution in [0, 0.1) is 0 Å². The van der Waals surface area contributed by atoms with Gasteiger partial charge in [0.25, 0.3) is 6.47 Å². The normalized spacial score (nSPS) is 7.12. The molecule has 0 aromatic heterocycles. The van der Waals surface area contributed by atoms with Crippen molar-refractivity contribution < 1.29 is 33.3 Å². The number of primary amides is 1. The van der Waals surface area contributed by atoms with E-state index in [1.807, 2.05) is 6.92 Å². The smallest absolute Gasteiger partial charge is 0.404 e. The van der Waals surface area contributed by atoms with E-state index in [4.69, 9.17) is 0 Å². The van der Waals surface area contributed by atoms with E-state index in [9.17, 15) is 14.4 Å². The van der Waals surface area contributed by atoms with Crippen molar-refractivity contribution in [2.45, 2.75) is 54.9 Å². The molecule has 1 amide bonds. The summed E-state index contributed by atoms with van der Waals surface area (Å²) in [6.45, 7) is 11.5. The van der Waals surface area contributed by atoms with Crippen LogP contribution in [-0.2, 0) is 28.5 Å². The van der Waals surface area contributed by atoms with E-state index in [2.05, 4.69) is 38.5 Å². The van der Waals surface area contributed by atoms with Gasteiger partial charge >= 0.3 is 12.1 Å². The molecule has 0 heterocycles. The Morgan fingerprint density at radius 1 is 1.00 bits per heavy atom. The minimum absolute atomic E-state index is 0. The van der Waals surface area contributed by atoms with Gasteiger partial charge in [-0.2, -0.15) is 0 Å². The first-order valence-electron chi connectivity index (χ1n) is 7.47. The van der Waals surface area contributed by atoms with Crippen LogP contribution in [0.2, 0.25) is 0 Å². The third-order valence-electron chi connectivity index (χ3n) is 1.27. The lowest BCUT2D eigenvalue weighted by Gasteiger charge is -1.93. The van der Waals surface area contributed by atoms with E-state index in [1.165, 1.54) is 13.3 Å². The number of carbonyl (C=O) groups is 3. The largest absolute Gasteiger partial charge is 0.466 e. The Kier molecular flexibility index (Phi) is 66.6. The molecule has 0 bridgehead atoms. The number of amides is 1. The standard InChI is InChI=1S/C4H9NO2.C4H8O3.C4H8O2.C3H8.CH4.H3N/c1-2-3-7-4(5)6;1-6-2-3-7-4-5;1-3-6-4(2)5;1-3-2;;/h2-3H2,1H3,(H2,5,6);4H,2-3H2,1H3;3H2,1-2H3;3H2,1-2H3;1H4;1H3. The average molecular weight is 373 g/mol. The molecule has 9 nitrogen and oxygen atoms in total. The topological polar surface area (TPSA) is 149 Å². The summed E-state index contributed by atoms with van der Waals surface area (Å²) >= 11 is 0. The second-order valence-electron chi connectivity index (χ2n) is 3.76. The molecule has 0 aromatic carbocycles.